The van der Waals surface area contributed by atoms with E-state index >= 15 is 0 Å². The number of aromatic amines is 1. The summed E-state index contributed by atoms with van der Waals surface area (Å²) >= 11 is 6.32. The molecule has 0 saturated carbocycles. The maximum Gasteiger partial charge on any atom is 0.416 e. The van der Waals surface area contributed by atoms with Crippen molar-refractivity contribution in [1.29, 1.82) is 0 Å². The second kappa shape index (κ2) is 10.6. The van der Waals surface area contributed by atoms with Crippen molar-refractivity contribution in [2.75, 3.05) is 33.5 Å². The van der Waals surface area contributed by atoms with E-state index in [9.17, 15) is 4.79 Å². The Labute approximate surface area is 225 Å². The molecule has 38 heavy (non-hydrogen) atoms. The zero-order chi connectivity index (χ0) is 26.1. The van der Waals surface area contributed by atoms with Crippen LogP contribution in [0.3, 0.4) is 0 Å². The molecule has 4 aromatic rings. The normalized spacial score (nSPS) is 17.4. The van der Waals surface area contributed by atoms with Crippen LogP contribution in [0.5, 0.6) is 17.2 Å². The van der Waals surface area contributed by atoms with E-state index in [0.717, 1.165) is 27.7 Å². The van der Waals surface area contributed by atoms with Gasteiger partial charge in [0.2, 0.25) is 0 Å². The topological polar surface area (TPSA) is 82.3 Å². The molecule has 8 nitrogen and oxygen atoms in total. The lowest BCUT2D eigenvalue weighted by molar-refractivity contribution is -0.0684. The predicted octanol–water partition coefficient (Wildman–Crippen LogP) is 5.73. The number of rotatable bonds is 6. The minimum absolute atomic E-state index is 0.315. The monoisotopic (exact) mass is 534 g/mol. The van der Waals surface area contributed by atoms with Crippen molar-refractivity contribution in [3.05, 3.63) is 88.6 Å². The number of aromatic nitrogens is 1. The average Bonchev–Trinajstić information content (AvgIpc) is 3.60. The van der Waals surface area contributed by atoms with Crippen molar-refractivity contribution in [1.82, 2.24) is 9.88 Å². The van der Waals surface area contributed by atoms with Gasteiger partial charge in [0, 0.05) is 28.2 Å². The summed E-state index contributed by atoms with van der Waals surface area (Å²) in [6.45, 7) is 1.96. The lowest BCUT2D eigenvalue weighted by atomic mass is 9.92. The molecule has 0 aliphatic carbocycles. The molecule has 1 unspecified atom stereocenters. The number of nitrogens with zero attached hydrogens (tertiary/aromatic N) is 1. The van der Waals surface area contributed by atoms with E-state index in [1.54, 1.807) is 36.3 Å². The third-order valence-electron chi connectivity index (χ3n) is 6.86. The van der Waals surface area contributed by atoms with Crippen LogP contribution < -0.4 is 14.2 Å². The predicted molar refractivity (Wildman–Crippen MR) is 142 cm³/mol. The number of halogens is 1. The van der Waals surface area contributed by atoms with Crippen molar-refractivity contribution >= 4 is 28.6 Å². The Morgan fingerprint density at radius 2 is 1.71 bits per heavy atom. The third kappa shape index (κ3) is 4.90. The van der Waals surface area contributed by atoms with Crippen molar-refractivity contribution in [3.8, 4) is 17.2 Å². The van der Waals surface area contributed by atoms with Crippen LogP contribution in [0.15, 0.2) is 66.7 Å². The fourth-order valence-electron chi connectivity index (χ4n) is 5.02. The van der Waals surface area contributed by atoms with Crippen LogP contribution in [0.4, 0.5) is 4.79 Å². The molecule has 1 aromatic heterocycles. The number of carbonyl (C=O) groups excluding carboxylic acids is 1. The van der Waals surface area contributed by atoms with Crippen molar-refractivity contribution in [2.45, 2.75) is 18.8 Å². The Kier molecular flexibility index (Phi) is 6.84. The first kappa shape index (κ1) is 24.6. The van der Waals surface area contributed by atoms with Gasteiger partial charge in [-0.25, -0.2) is 4.79 Å². The summed E-state index contributed by atoms with van der Waals surface area (Å²) in [5.41, 5.74) is 4.00. The van der Waals surface area contributed by atoms with E-state index in [0.29, 0.717) is 55.1 Å². The molecule has 0 radical (unpaired) electrons. The summed E-state index contributed by atoms with van der Waals surface area (Å²) in [5, 5.41) is 1.74. The van der Waals surface area contributed by atoms with Crippen LogP contribution in [0.25, 0.3) is 10.9 Å². The molecule has 196 valence electrons. The zero-order valence-electron chi connectivity index (χ0n) is 20.8. The van der Waals surface area contributed by atoms with Crippen LogP contribution in [0.2, 0.25) is 5.02 Å². The Morgan fingerprint density at radius 1 is 1.00 bits per heavy atom. The van der Waals surface area contributed by atoms with Crippen molar-refractivity contribution < 1.29 is 28.5 Å². The summed E-state index contributed by atoms with van der Waals surface area (Å²) in [5.74, 6) is 1.83. The van der Waals surface area contributed by atoms with E-state index in [-0.39, 0.29) is 12.3 Å². The first-order chi connectivity index (χ1) is 18.6. The molecule has 3 heterocycles. The summed E-state index contributed by atoms with van der Waals surface area (Å²) in [6.07, 6.45) is -0.109. The molecule has 1 saturated heterocycles. The average molecular weight is 535 g/mol. The first-order valence-electron chi connectivity index (χ1n) is 12.5. The first-order valence-corrected chi connectivity index (χ1v) is 12.9. The molecule has 0 bridgehead atoms. The fourth-order valence-corrected chi connectivity index (χ4v) is 5.19. The highest BCUT2D eigenvalue weighted by atomic mass is 35.5. The number of hydrogen-bond donors (Lipinski definition) is 1. The molecule has 1 N–H and O–H groups in total. The Bertz CT molecular complexity index is 1430. The van der Waals surface area contributed by atoms with Gasteiger partial charge >= 0.3 is 6.09 Å². The largest absolute Gasteiger partial charge is 0.497 e. The molecule has 9 heteroatoms. The zero-order valence-corrected chi connectivity index (χ0v) is 21.6. The maximum atomic E-state index is 13.5. The summed E-state index contributed by atoms with van der Waals surface area (Å²) in [6, 6.07) is 20.1. The quantitative estimate of drug-likeness (QED) is 0.340. The molecule has 2 aliphatic rings. The molecule has 0 spiro atoms. The minimum Gasteiger partial charge on any atom is -0.497 e. The smallest absolute Gasteiger partial charge is 0.416 e. The van der Waals surface area contributed by atoms with Gasteiger partial charge in [0.1, 0.15) is 29.9 Å². The number of nitrogens with one attached hydrogen (secondary N) is 1. The van der Waals surface area contributed by atoms with Gasteiger partial charge in [-0.15, -0.1) is 0 Å². The van der Waals surface area contributed by atoms with Gasteiger partial charge in [-0.3, -0.25) is 4.90 Å². The van der Waals surface area contributed by atoms with Crippen LogP contribution >= 0.6 is 11.6 Å². The standard InChI is InChI=1S/C29H27ClN2O6/c1-34-20-7-9-22(10-8-20)38-29(33)32-13-12-23-24-16-19(30)4-11-25(24)31-27(23)28(32)18-2-5-21(6-3-18)37-17-26-35-14-15-36-26/h2-11,16,26,28,31H,12-15,17H2,1H3. The fraction of sp³-hybridized carbons (Fsp3) is 0.276. The summed E-state index contributed by atoms with van der Waals surface area (Å²) < 4.78 is 27.7. The van der Waals surface area contributed by atoms with Gasteiger partial charge in [0.05, 0.1) is 20.3 Å². The number of ether oxygens (including phenoxy) is 5. The van der Waals surface area contributed by atoms with Gasteiger partial charge < -0.3 is 28.7 Å². The van der Waals surface area contributed by atoms with Gasteiger partial charge in [0.15, 0.2) is 6.29 Å². The van der Waals surface area contributed by atoms with Gasteiger partial charge in [-0.2, -0.15) is 0 Å². The highest BCUT2D eigenvalue weighted by molar-refractivity contribution is 6.31. The molecule has 1 amide bonds. The lowest BCUT2D eigenvalue weighted by Gasteiger charge is -2.35. The second-order valence-electron chi connectivity index (χ2n) is 9.15. The van der Waals surface area contributed by atoms with Crippen LogP contribution in [0, 0.1) is 0 Å². The minimum atomic E-state index is -0.432. The highest BCUT2D eigenvalue weighted by Crippen LogP contribution is 2.40. The van der Waals surface area contributed by atoms with Crippen molar-refractivity contribution in [2.24, 2.45) is 0 Å². The molecule has 1 atom stereocenters. The van der Waals surface area contributed by atoms with E-state index in [1.165, 1.54) is 0 Å². The van der Waals surface area contributed by atoms with E-state index in [1.807, 2.05) is 42.5 Å². The van der Waals surface area contributed by atoms with Crippen molar-refractivity contribution in [3.63, 3.8) is 0 Å². The maximum absolute atomic E-state index is 13.5. The van der Waals surface area contributed by atoms with E-state index in [4.69, 9.17) is 35.3 Å². The summed E-state index contributed by atoms with van der Waals surface area (Å²) in [7, 11) is 1.59. The number of carbonyl (C=O) groups is 1. The second-order valence-corrected chi connectivity index (χ2v) is 9.58. The van der Waals surface area contributed by atoms with Crippen LogP contribution in [0.1, 0.15) is 22.9 Å². The highest BCUT2D eigenvalue weighted by Gasteiger charge is 2.36. The number of H-pyrrole nitrogens is 1. The summed E-state index contributed by atoms with van der Waals surface area (Å²) in [4.78, 5) is 18.8. The number of benzene rings is 3. The molecule has 6 rings (SSSR count). The number of hydrogen-bond acceptors (Lipinski definition) is 6. The van der Waals surface area contributed by atoms with Gasteiger partial charge in [-0.05, 0) is 72.1 Å². The lowest BCUT2D eigenvalue weighted by Crippen LogP contribution is -2.42. The number of methoxy groups -OCH3 is 1. The number of amides is 1. The Hall–Kier alpha value is -3.72. The van der Waals surface area contributed by atoms with E-state index in [2.05, 4.69) is 4.98 Å². The molecule has 3 aromatic carbocycles. The molecule has 1 fully saturated rings. The SMILES string of the molecule is COc1ccc(OC(=O)N2CCc3c([nH]c4ccc(Cl)cc34)C2c2ccc(OCC3OCCO3)cc2)cc1. The van der Waals surface area contributed by atoms with Crippen LogP contribution in [-0.4, -0.2) is 55.7 Å². The third-order valence-corrected chi connectivity index (χ3v) is 7.10. The van der Waals surface area contributed by atoms with E-state index < -0.39 is 6.09 Å². The van der Waals surface area contributed by atoms with Gasteiger partial charge in [0.25, 0.3) is 0 Å². The van der Waals surface area contributed by atoms with Crippen LogP contribution in [-0.2, 0) is 15.9 Å². The molecular weight excluding hydrogens is 508 g/mol. The molecule has 2 aliphatic heterocycles. The van der Waals surface area contributed by atoms with Gasteiger partial charge in [-0.1, -0.05) is 23.7 Å². The molecular formula is C29H27ClN2O6. The number of fused-ring (bicyclic) bond motifs is 3. The Morgan fingerprint density at radius 3 is 2.45 bits per heavy atom. The Balaban J connectivity index is 1.31.